The van der Waals surface area contributed by atoms with Crippen molar-refractivity contribution in [1.82, 2.24) is 0 Å². The van der Waals surface area contributed by atoms with Crippen LogP contribution < -0.4 is 11.1 Å². The number of fused-ring (bicyclic) bond motifs is 1. The SMILES string of the molecule is NC(=O)Cc1ccc2c(c1)CCC(=O)N2. The molecule has 1 aromatic carbocycles. The third-order valence-electron chi connectivity index (χ3n) is 2.44. The number of carbonyl (C=O) groups excluding carboxylic acids is 2. The maximum Gasteiger partial charge on any atom is 0.224 e. The van der Waals surface area contributed by atoms with E-state index < -0.39 is 0 Å². The average Bonchev–Trinajstić information content (AvgIpc) is 2.17. The van der Waals surface area contributed by atoms with Crippen LogP contribution in [0.3, 0.4) is 0 Å². The molecule has 0 spiro atoms. The summed E-state index contributed by atoms with van der Waals surface area (Å²) in [5.74, 6) is -0.292. The fourth-order valence-electron chi connectivity index (χ4n) is 1.75. The van der Waals surface area contributed by atoms with Crippen molar-refractivity contribution in [1.29, 1.82) is 0 Å². The van der Waals surface area contributed by atoms with Crippen molar-refractivity contribution in [3.63, 3.8) is 0 Å². The molecule has 0 radical (unpaired) electrons. The molecule has 0 bridgehead atoms. The quantitative estimate of drug-likeness (QED) is 0.740. The lowest BCUT2D eigenvalue weighted by Gasteiger charge is -2.17. The molecule has 4 nitrogen and oxygen atoms in total. The number of primary amides is 1. The molecular weight excluding hydrogens is 192 g/mol. The molecule has 2 amide bonds. The zero-order chi connectivity index (χ0) is 10.8. The lowest BCUT2D eigenvalue weighted by atomic mass is 9.99. The van der Waals surface area contributed by atoms with Crippen molar-refractivity contribution in [2.45, 2.75) is 19.3 Å². The van der Waals surface area contributed by atoms with Gasteiger partial charge in [-0.05, 0) is 23.6 Å². The Balaban J connectivity index is 2.26. The Bertz CT molecular complexity index is 427. The molecule has 78 valence electrons. The molecule has 0 aromatic heterocycles. The molecule has 1 heterocycles. The van der Waals surface area contributed by atoms with Crippen molar-refractivity contribution < 1.29 is 9.59 Å². The third kappa shape index (κ3) is 2.15. The van der Waals surface area contributed by atoms with Gasteiger partial charge in [-0.2, -0.15) is 0 Å². The van der Waals surface area contributed by atoms with Crippen molar-refractivity contribution in [3.8, 4) is 0 Å². The number of rotatable bonds is 2. The highest BCUT2D eigenvalue weighted by Crippen LogP contribution is 2.23. The first-order valence-electron chi connectivity index (χ1n) is 4.85. The number of benzene rings is 1. The van der Waals surface area contributed by atoms with Gasteiger partial charge in [0.1, 0.15) is 0 Å². The van der Waals surface area contributed by atoms with Gasteiger partial charge in [0.15, 0.2) is 0 Å². The lowest BCUT2D eigenvalue weighted by molar-refractivity contribution is -0.117. The van der Waals surface area contributed by atoms with E-state index in [-0.39, 0.29) is 18.2 Å². The van der Waals surface area contributed by atoms with Crippen LogP contribution in [0.4, 0.5) is 5.69 Å². The number of hydrogen-bond acceptors (Lipinski definition) is 2. The number of aryl methyl sites for hydroxylation is 1. The zero-order valence-corrected chi connectivity index (χ0v) is 8.25. The fourth-order valence-corrected chi connectivity index (χ4v) is 1.75. The van der Waals surface area contributed by atoms with E-state index in [1.807, 2.05) is 18.2 Å². The third-order valence-corrected chi connectivity index (χ3v) is 2.44. The highest BCUT2D eigenvalue weighted by Gasteiger charge is 2.14. The van der Waals surface area contributed by atoms with Crippen molar-refractivity contribution >= 4 is 17.5 Å². The second-order valence-corrected chi connectivity index (χ2v) is 3.68. The zero-order valence-electron chi connectivity index (χ0n) is 8.25. The van der Waals surface area contributed by atoms with Crippen molar-refractivity contribution in [3.05, 3.63) is 29.3 Å². The molecule has 1 aromatic rings. The average molecular weight is 204 g/mol. The Morgan fingerprint density at radius 3 is 2.93 bits per heavy atom. The standard InChI is InChI=1S/C11H12N2O2/c12-10(14)6-7-1-3-9-8(5-7)2-4-11(15)13-9/h1,3,5H,2,4,6H2,(H2,12,14)(H,13,15). The highest BCUT2D eigenvalue weighted by molar-refractivity contribution is 5.94. The van der Waals surface area contributed by atoms with Crippen LogP contribution in [0, 0.1) is 0 Å². The summed E-state index contributed by atoms with van der Waals surface area (Å²) < 4.78 is 0. The molecule has 2 rings (SSSR count). The summed E-state index contributed by atoms with van der Waals surface area (Å²) in [6.07, 6.45) is 1.49. The van der Waals surface area contributed by atoms with E-state index in [0.29, 0.717) is 6.42 Å². The van der Waals surface area contributed by atoms with Gasteiger partial charge in [-0.1, -0.05) is 12.1 Å². The maximum atomic E-state index is 11.1. The number of carbonyl (C=O) groups is 2. The smallest absolute Gasteiger partial charge is 0.224 e. The van der Waals surface area contributed by atoms with Crippen LogP contribution in [-0.4, -0.2) is 11.8 Å². The summed E-state index contributed by atoms with van der Waals surface area (Å²) in [6.45, 7) is 0. The number of amides is 2. The van der Waals surface area contributed by atoms with E-state index >= 15 is 0 Å². The molecule has 0 unspecified atom stereocenters. The van der Waals surface area contributed by atoms with Gasteiger partial charge in [0.05, 0.1) is 6.42 Å². The summed E-state index contributed by atoms with van der Waals surface area (Å²) in [5.41, 5.74) is 7.94. The predicted molar refractivity (Wildman–Crippen MR) is 56.3 cm³/mol. The molecule has 0 atom stereocenters. The van der Waals surface area contributed by atoms with Gasteiger partial charge in [-0.25, -0.2) is 0 Å². The predicted octanol–water partition coefficient (Wildman–Crippen LogP) is 0.599. The molecule has 0 saturated heterocycles. The number of nitrogens with two attached hydrogens (primary N) is 1. The Morgan fingerprint density at radius 1 is 1.40 bits per heavy atom. The summed E-state index contributed by atoms with van der Waals surface area (Å²) in [6, 6.07) is 5.57. The van der Waals surface area contributed by atoms with Gasteiger partial charge in [-0.3, -0.25) is 9.59 Å². The van der Waals surface area contributed by atoms with Crippen molar-refractivity contribution in [2.75, 3.05) is 5.32 Å². The molecule has 0 fully saturated rings. The highest BCUT2D eigenvalue weighted by atomic mass is 16.1. The van der Waals surface area contributed by atoms with Gasteiger partial charge in [0.25, 0.3) is 0 Å². The molecule has 1 aliphatic rings. The first kappa shape index (κ1) is 9.71. The Labute approximate surface area is 87.5 Å². The Hall–Kier alpha value is -1.84. The molecular formula is C11H12N2O2. The number of anilines is 1. The second kappa shape index (κ2) is 3.73. The Morgan fingerprint density at radius 2 is 2.20 bits per heavy atom. The lowest BCUT2D eigenvalue weighted by Crippen LogP contribution is -2.19. The maximum absolute atomic E-state index is 11.1. The van der Waals surface area contributed by atoms with Gasteiger partial charge in [0.2, 0.25) is 11.8 Å². The van der Waals surface area contributed by atoms with E-state index in [2.05, 4.69) is 5.32 Å². The van der Waals surface area contributed by atoms with Crippen LogP contribution in [0.25, 0.3) is 0 Å². The van der Waals surface area contributed by atoms with Crippen molar-refractivity contribution in [2.24, 2.45) is 5.73 Å². The normalized spacial score (nSPS) is 14.3. The van der Waals surface area contributed by atoms with Crippen LogP contribution in [0.5, 0.6) is 0 Å². The first-order valence-corrected chi connectivity index (χ1v) is 4.85. The largest absolute Gasteiger partial charge is 0.369 e. The minimum Gasteiger partial charge on any atom is -0.369 e. The van der Waals surface area contributed by atoms with Gasteiger partial charge < -0.3 is 11.1 Å². The van der Waals surface area contributed by atoms with Gasteiger partial charge in [-0.15, -0.1) is 0 Å². The second-order valence-electron chi connectivity index (χ2n) is 3.68. The summed E-state index contributed by atoms with van der Waals surface area (Å²) in [7, 11) is 0. The molecule has 15 heavy (non-hydrogen) atoms. The van der Waals surface area contributed by atoms with Gasteiger partial charge in [0, 0.05) is 12.1 Å². The van der Waals surface area contributed by atoms with Crippen LogP contribution in [-0.2, 0) is 22.4 Å². The van der Waals surface area contributed by atoms with E-state index in [9.17, 15) is 9.59 Å². The summed E-state index contributed by atoms with van der Waals surface area (Å²) >= 11 is 0. The molecule has 3 N–H and O–H groups in total. The van der Waals surface area contributed by atoms with E-state index in [1.54, 1.807) is 0 Å². The van der Waals surface area contributed by atoms with Crippen LogP contribution in [0.2, 0.25) is 0 Å². The monoisotopic (exact) mass is 204 g/mol. The van der Waals surface area contributed by atoms with E-state index in [0.717, 1.165) is 23.2 Å². The summed E-state index contributed by atoms with van der Waals surface area (Å²) in [4.78, 5) is 21.8. The molecule has 4 heteroatoms. The number of nitrogens with one attached hydrogen (secondary N) is 1. The molecule has 0 saturated carbocycles. The molecule has 0 aliphatic carbocycles. The fraction of sp³-hybridized carbons (Fsp3) is 0.273. The van der Waals surface area contributed by atoms with Crippen LogP contribution >= 0.6 is 0 Å². The van der Waals surface area contributed by atoms with Gasteiger partial charge >= 0.3 is 0 Å². The van der Waals surface area contributed by atoms with Crippen LogP contribution in [0.1, 0.15) is 17.5 Å². The minimum absolute atomic E-state index is 0.0464. The van der Waals surface area contributed by atoms with E-state index in [4.69, 9.17) is 5.73 Å². The van der Waals surface area contributed by atoms with E-state index in [1.165, 1.54) is 0 Å². The Kier molecular flexibility index (Phi) is 2.41. The van der Waals surface area contributed by atoms with Crippen LogP contribution in [0.15, 0.2) is 18.2 Å². The summed E-state index contributed by atoms with van der Waals surface area (Å²) in [5, 5.41) is 2.79. The molecule has 1 aliphatic heterocycles. The first-order chi connectivity index (χ1) is 7.15. The minimum atomic E-state index is -0.338. The number of hydrogen-bond donors (Lipinski definition) is 2. The topological polar surface area (TPSA) is 72.2 Å².